The number of hydrogen-bond donors (Lipinski definition) is 0. The molecule has 0 aromatic heterocycles. The minimum Gasteiger partial charge on any atom is -0.380 e. The molecule has 4 rings (SSSR count). The molecular formula is C17H18FN3O4. The summed E-state index contributed by atoms with van der Waals surface area (Å²) in [6.45, 7) is 0.618. The molecule has 1 aromatic rings. The molecule has 0 N–H and O–H groups in total. The molecule has 0 unspecified atom stereocenters. The van der Waals surface area contributed by atoms with Crippen LogP contribution in [0.1, 0.15) is 12.8 Å². The predicted octanol–water partition coefficient (Wildman–Crippen LogP) is 0.982. The van der Waals surface area contributed by atoms with E-state index in [-0.39, 0.29) is 24.2 Å². The van der Waals surface area contributed by atoms with Crippen LogP contribution in [-0.4, -0.2) is 66.0 Å². The van der Waals surface area contributed by atoms with Gasteiger partial charge in [-0.1, -0.05) is 12.1 Å². The van der Waals surface area contributed by atoms with Crippen molar-refractivity contribution < 1.29 is 23.5 Å². The Morgan fingerprint density at radius 1 is 1.12 bits per heavy atom. The molecule has 3 atom stereocenters. The highest BCUT2D eigenvalue weighted by molar-refractivity contribution is 6.11. The van der Waals surface area contributed by atoms with Crippen molar-refractivity contribution in [3.63, 3.8) is 0 Å². The molecule has 3 saturated heterocycles. The summed E-state index contributed by atoms with van der Waals surface area (Å²) in [6.07, 6.45) is 0.586. The highest BCUT2D eigenvalue weighted by Gasteiger charge is 2.55. The van der Waals surface area contributed by atoms with Crippen LogP contribution in [0.3, 0.4) is 0 Å². The summed E-state index contributed by atoms with van der Waals surface area (Å²) >= 11 is 0. The third-order valence-electron chi connectivity index (χ3n) is 5.20. The third-order valence-corrected chi connectivity index (χ3v) is 5.20. The summed E-state index contributed by atoms with van der Waals surface area (Å²) in [5, 5.41) is 0. The van der Waals surface area contributed by atoms with Gasteiger partial charge in [0.2, 0.25) is 0 Å². The number of carbonyl (C=O) groups is 3. The average Bonchev–Trinajstić information content (AvgIpc) is 3.25. The Hall–Kier alpha value is -2.48. The van der Waals surface area contributed by atoms with E-state index in [2.05, 4.69) is 0 Å². The molecule has 8 heteroatoms. The monoisotopic (exact) mass is 347 g/mol. The van der Waals surface area contributed by atoms with E-state index in [1.807, 2.05) is 0 Å². The van der Waals surface area contributed by atoms with Crippen molar-refractivity contribution in [2.45, 2.75) is 31.0 Å². The van der Waals surface area contributed by atoms with E-state index in [1.165, 1.54) is 21.9 Å². The summed E-state index contributed by atoms with van der Waals surface area (Å²) in [4.78, 5) is 41.9. The van der Waals surface area contributed by atoms with Crippen LogP contribution in [0, 0.1) is 5.82 Å². The van der Waals surface area contributed by atoms with Crippen LogP contribution in [0.2, 0.25) is 0 Å². The molecule has 3 aliphatic rings. The number of nitrogens with zero attached hydrogens (tertiary/aromatic N) is 3. The molecule has 0 bridgehead atoms. The second kappa shape index (κ2) is 5.80. The molecule has 3 heterocycles. The smallest absolute Gasteiger partial charge is 0.328 e. The molecule has 0 spiro atoms. The average molecular weight is 347 g/mol. The van der Waals surface area contributed by atoms with Gasteiger partial charge in [0, 0.05) is 26.6 Å². The number of carbonyl (C=O) groups excluding carboxylic acids is 3. The number of ether oxygens (including phenoxy) is 1. The van der Waals surface area contributed by atoms with Crippen LogP contribution in [0.15, 0.2) is 24.3 Å². The molecule has 1 aromatic carbocycles. The summed E-state index contributed by atoms with van der Waals surface area (Å²) in [5.74, 6) is -1.28. The Morgan fingerprint density at radius 2 is 1.88 bits per heavy atom. The van der Waals surface area contributed by atoms with Crippen molar-refractivity contribution in [3.8, 4) is 0 Å². The van der Waals surface area contributed by atoms with Crippen molar-refractivity contribution in [1.82, 2.24) is 9.80 Å². The number of hydrogen-bond acceptors (Lipinski definition) is 4. The van der Waals surface area contributed by atoms with Gasteiger partial charge in [-0.05, 0) is 18.6 Å². The second-order valence-corrected chi connectivity index (χ2v) is 6.50. The van der Waals surface area contributed by atoms with Crippen LogP contribution in [-0.2, 0) is 14.3 Å². The van der Waals surface area contributed by atoms with Gasteiger partial charge in [0.05, 0.1) is 11.8 Å². The third kappa shape index (κ3) is 2.31. The molecule has 132 valence electrons. The summed E-state index contributed by atoms with van der Waals surface area (Å²) in [5.41, 5.74) is 0.175. The van der Waals surface area contributed by atoms with Gasteiger partial charge in [0.25, 0.3) is 11.8 Å². The SMILES string of the molecule is CO[C@@H]1C[C@@H]2C(=O)N([C@H]3CCN(c4ccccc4F)C3=O)C(=O)N2C1. The number of rotatable bonds is 3. The van der Waals surface area contributed by atoms with Gasteiger partial charge in [0.15, 0.2) is 0 Å². The first kappa shape index (κ1) is 16.0. The summed E-state index contributed by atoms with van der Waals surface area (Å²) in [7, 11) is 1.55. The van der Waals surface area contributed by atoms with Gasteiger partial charge in [0.1, 0.15) is 17.9 Å². The Bertz CT molecular complexity index is 731. The Balaban J connectivity index is 1.56. The second-order valence-electron chi connectivity index (χ2n) is 6.50. The van der Waals surface area contributed by atoms with Gasteiger partial charge in [-0.25, -0.2) is 14.1 Å². The number of imide groups is 1. The molecule has 0 radical (unpaired) electrons. The number of fused-ring (bicyclic) bond motifs is 1. The fourth-order valence-electron chi connectivity index (χ4n) is 3.91. The van der Waals surface area contributed by atoms with Gasteiger partial charge in [-0.3, -0.25) is 9.59 Å². The number of anilines is 1. The van der Waals surface area contributed by atoms with E-state index in [0.29, 0.717) is 19.4 Å². The molecule has 7 nitrogen and oxygen atoms in total. The highest BCUT2D eigenvalue weighted by atomic mass is 19.1. The van der Waals surface area contributed by atoms with Crippen molar-refractivity contribution in [2.24, 2.45) is 0 Å². The lowest BCUT2D eigenvalue weighted by Gasteiger charge is -2.23. The van der Waals surface area contributed by atoms with E-state index in [0.717, 1.165) is 4.90 Å². The van der Waals surface area contributed by atoms with Gasteiger partial charge in [-0.15, -0.1) is 0 Å². The minimum atomic E-state index is -0.869. The van der Waals surface area contributed by atoms with E-state index < -0.39 is 29.8 Å². The zero-order valence-electron chi connectivity index (χ0n) is 13.7. The fourth-order valence-corrected chi connectivity index (χ4v) is 3.91. The van der Waals surface area contributed by atoms with Crippen LogP contribution >= 0.6 is 0 Å². The van der Waals surface area contributed by atoms with Crippen molar-refractivity contribution in [2.75, 3.05) is 25.1 Å². The number of methoxy groups -OCH3 is 1. The van der Waals surface area contributed by atoms with E-state index in [1.54, 1.807) is 19.2 Å². The molecular weight excluding hydrogens is 329 g/mol. The van der Waals surface area contributed by atoms with E-state index in [9.17, 15) is 18.8 Å². The molecule has 3 aliphatic heterocycles. The first-order valence-electron chi connectivity index (χ1n) is 8.25. The Kier molecular flexibility index (Phi) is 3.72. The zero-order valence-corrected chi connectivity index (χ0v) is 13.7. The number of urea groups is 1. The predicted molar refractivity (Wildman–Crippen MR) is 85.3 cm³/mol. The minimum absolute atomic E-state index is 0.158. The fraction of sp³-hybridized carbons (Fsp3) is 0.471. The number of halogens is 1. The standard InChI is InChI=1S/C17H18FN3O4/c1-25-10-8-14-16(23)21(17(24)20(14)9-10)13-6-7-19(15(13)22)12-5-3-2-4-11(12)18/h2-5,10,13-14H,6-9H2,1H3/t10-,13+,14-/m1/s1. The largest absolute Gasteiger partial charge is 0.380 e. The molecule has 0 saturated carbocycles. The lowest BCUT2D eigenvalue weighted by Crippen LogP contribution is -2.47. The summed E-state index contributed by atoms with van der Waals surface area (Å²) < 4.78 is 19.2. The van der Waals surface area contributed by atoms with Gasteiger partial charge < -0.3 is 14.5 Å². The molecule has 0 aliphatic carbocycles. The number of amides is 4. The normalized spacial score (nSPS) is 29.1. The first-order valence-corrected chi connectivity index (χ1v) is 8.25. The van der Waals surface area contributed by atoms with Crippen LogP contribution < -0.4 is 4.90 Å². The lowest BCUT2D eigenvalue weighted by atomic mass is 10.1. The maximum absolute atomic E-state index is 14.0. The maximum atomic E-state index is 14.0. The maximum Gasteiger partial charge on any atom is 0.328 e. The van der Waals surface area contributed by atoms with Crippen LogP contribution in [0.4, 0.5) is 14.9 Å². The first-order chi connectivity index (χ1) is 12.0. The van der Waals surface area contributed by atoms with Crippen molar-refractivity contribution in [3.05, 3.63) is 30.1 Å². The van der Waals surface area contributed by atoms with Crippen molar-refractivity contribution >= 4 is 23.5 Å². The number of para-hydroxylation sites is 1. The van der Waals surface area contributed by atoms with Crippen LogP contribution in [0.5, 0.6) is 0 Å². The zero-order chi connectivity index (χ0) is 17.7. The Morgan fingerprint density at radius 3 is 2.56 bits per heavy atom. The lowest BCUT2D eigenvalue weighted by molar-refractivity contribution is -0.134. The molecule has 4 amide bonds. The molecule has 25 heavy (non-hydrogen) atoms. The van der Waals surface area contributed by atoms with Crippen molar-refractivity contribution in [1.29, 1.82) is 0 Å². The van der Waals surface area contributed by atoms with Gasteiger partial charge in [-0.2, -0.15) is 0 Å². The highest BCUT2D eigenvalue weighted by Crippen LogP contribution is 2.34. The number of benzene rings is 1. The van der Waals surface area contributed by atoms with E-state index in [4.69, 9.17) is 4.74 Å². The van der Waals surface area contributed by atoms with E-state index >= 15 is 0 Å². The van der Waals surface area contributed by atoms with Gasteiger partial charge >= 0.3 is 6.03 Å². The Labute approximate surface area is 143 Å². The molecule has 3 fully saturated rings. The van der Waals surface area contributed by atoms with Crippen LogP contribution in [0.25, 0.3) is 0 Å². The topological polar surface area (TPSA) is 70.2 Å². The summed E-state index contributed by atoms with van der Waals surface area (Å²) in [6, 6.07) is 4.10. The quantitative estimate of drug-likeness (QED) is 0.765.